The van der Waals surface area contributed by atoms with E-state index in [1.807, 2.05) is 47.4 Å². The van der Waals surface area contributed by atoms with Crippen molar-refractivity contribution in [1.82, 2.24) is 4.90 Å². The molecule has 5 nitrogen and oxygen atoms in total. The number of rotatable bonds is 11. The van der Waals surface area contributed by atoms with Crippen molar-refractivity contribution in [2.75, 3.05) is 27.3 Å². The lowest BCUT2D eigenvalue weighted by Crippen LogP contribution is -2.46. The van der Waals surface area contributed by atoms with Gasteiger partial charge in [0.1, 0.15) is 5.75 Å². The van der Waals surface area contributed by atoms with Crippen molar-refractivity contribution < 1.29 is 19.0 Å². The molecule has 0 saturated carbocycles. The maximum absolute atomic E-state index is 13.5. The fraction of sp³-hybridized carbons (Fsp3) is 0.406. The van der Waals surface area contributed by atoms with Gasteiger partial charge >= 0.3 is 0 Å². The number of carbonyl (C=O) groups is 1. The number of hydrogen-bond donors (Lipinski definition) is 0. The Labute approximate surface area is 221 Å². The number of hydrogen-bond acceptors (Lipinski definition) is 4. The second-order valence-electron chi connectivity index (χ2n) is 9.75. The van der Waals surface area contributed by atoms with E-state index in [-0.39, 0.29) is 5.91 Å². The molecule has 196 valence electrons. The first kappa shape index (κ1) is 26.6. The van der Waals surface area contributed by atoms with E-state index in [1.165, 1.54) is 5.56 Å². The normalized spacial score (nSPS) is 14.7. The van der Waals surface area contributed by atoms with E-state index in [1.54, 1.807) is 14.2 Å². The van der Waals surface area contributed by atoms with Crippen LogP contribution >= 0.6 is 0 Å². The van der Waals surface area contributed by atoms with E-state index in [0.717, 1.165) is 73.6 Å². The smallest absolute Gasteiger partial charge is 0.263 e. The molecule has 1 saturated heterocycles. The molecular formula is C32H39NO4. The number of para-hydroxylation sites is 1. The number of likely N-dealkylation sites (tertiary alicyclic amines) is 1. The van der Waals surface area contributed by atoms with Crippen molar-refractivity contribution in [1.29, 1.82) is 0 Å². The maximum Gasteiger partial charge on any atom is 0.263 e. The standard InChI is InChI=1S/C32H39NO4/c1-4-10-30(37-28-14-9-8-13-27(28)26-11-6-5-7-12-26)32(34)33-21-19-24(20-22-33)15-16-25-17-18-29(35-2)31(23-25)36-3/h5-9,11-14,17-18,23-24,30H,4,10,15-16,19-22H2,1-3H3. The Morgan fingerprint density at radius 3 is 2.30 bits per heavy atom. The van der Waals surface area contributed by atoms with Gasteiger partial charge in [-0.15, -0.1) is 0 Å². The van der Waals surface area contributed by atoms with Crippen LogP contribution in [0.5, 0.6) is 17.2 Å². The summed E-state index contributed by atoms with van der Waals surface area (Å²) < 4.78 is 17.2. The highest BCUT2D eigenvalue weighted by Crippen LogP contribution is 2.32. The number of ether oxygens (including phenoxy) is 3. The molecule has 0 aliphatic carbocycles. The second-order valence-corrected chi connectivity index (χ2v) is 9.75. The number of amides is 1. The van der Waals surface area contributed by atoms with E-state index in [9.17, 15) is 4.79 Å². The number of carbonyl (C=O) groups excluding carboxylic acids is 1. The third-order valence-corrected chi connectivity index (χ3v) is 7.28. The van der Waals surface area contributed by atoms with Crippen LogP contribution in [0.25, 0.3) is 11.1 Å². The molecule has 0 N–H and O–H groups in total. The molecule has 0 radical (unpaired) electrons. The average molecular weight is 502 g/mol. The SMILES string of the molecule is CCCC(Oc1ccccc1-c1ccccc1)C(=O)N1CCC(CCc2ccc(OC)c(OC)c2)CC1. The van der Waals surface area contributed by atoms with Gasteiger partial charge in [0.05, 0.1) is 14.2 Å². The molecule has 1 aliphatic rings. The van der Waals surface area contributed by atoms with Gasteiger partial charge in [-0.25, -0.2) is 0 Å². The minimum absolute atomic E-state index is 0.114. The molecule has 3 aromatic rings. The van der Waals surface area contributed by atoms with Crippen LogP contribution in [0.4, 0.5) is 0 Å². The number of aryl methyl sites for hydroxylation is 1. The van der Waals surface area contributed by atoms with Crippen LogP contribution in [-0.4, -0.2) is 44.2 Å². The molecule has 37 heavy (non-hydrogen) atoms. The molecule has 0 aromatic heterocycles. The van der Waals surface area contributed by atoms with Crippen LogP contribution < -0.4 is 14.2 Å². The molecule has 1 fully saturated rings. The lowest BCUT2D eigenvalue weighted by molar-refractivity contribution is -0.140. The highest BCUT2D eigenvalue weighted by Gasteiger charge is 2.29. The van der Waals surface area contributed by atoms with Crippen molar-refractivity contribution >= 4 is 5.91 Å². The zero-order valence-corrected chi connectivity index (χ0v) is 22.3. The minimum Gasteiger partial charge on any atom is -0.493 e. The zero-order chi connectivity index (χ0) is 26.0. The minimum atomic E-state index is -0.460. The monoisotopic (exact) mass is 501 g/mol. The predicted octanol–water partition coefficient (Wildman–Crippen LogP) is 6.79. The van der Waals surface area contributed by atoms with Gasteiger partial charge in [0.15, 0.2) is 17.6 Å². The Morgan fingerprint density at radius 1 is 0.892 bits per heavy atom. The first-order valence-electron chi connectivity index (χ1n) is 13.4. The molecule has 0 bridgehead atoms. The van der Waals surface area contributed by atoms with Gasteiger partial charge < -0.3 is 19.1 Å². The molecule has 1 aliphatic heterocycles. The third-order valence-electron chi connectivity index (χ3n) is 7.28. The van der Waals surface area contributed by atoms with Crippen LogP contribution in [-0.2, 0) is 11.2 Å². The Kier molecular flexibility index (Phi) is 9.47. The van der Waals surface area contributed by atoms with Gasteiger partial charge in [-0.1, -0.05) is 67.9 Å². The Hall–Kier alpha value is -3.47. The van der Waals surface area contributed by atoms with E-state index >= 15 is 0 Å². The summed E-state index contributed by atoms with van der Waals surface area (Å²) in [6, 6.07) is 24.4. The third kappa shape index (κ3) is 6.85. The first-order chi connectivity index (χ1) is 18.1. The molecule has 1 heterocycles. The van der Waals surface area contributed by atoms with Crippen molar-refractivity contribution in [2.45, 2.75) is 51.6 Å². The van der Waals surface area contributed by atoms with Gasteiger partial charge in [0.2, 0.25) is 0 Å². The topological polar surface area (TPSA) is 48.0 Å². The Morgan fingerprint density at radius 2 is 1.59 bits per heavy atom. The summed E-state index contributed by atoms with van der Waals surface area (Å²) in [4.78, 5) is 15.5. The summed E-state index contributed by atoms with van der Waals surface area (Å²) in [5.74, 6) is 3.03. The van der Waals surface area contributed by atoms with Crippen LogP contribution in [0.2, 0.25) is 0 Å². The predicted molar refractivity (Wildman–Crippen MR) is 148 cm³/mol. The van der Waals surface area contributed by atoms with E-state index < -0.39 is 6.10 Å². The van der Waals surface area contributed by atoms with Crippen LogP contribution in [0.1, 0.15) is 44.6 Å². The number of benzene rings is 3. The molecule has 5 heteroatoms. The van der Waals surface area contributed by atoms with Gasteiger partial charge in [-0.3, -0.25) is 4.79 Å². The van der Waals surface area contributed by atoms with Crippen LogP contribution in [0, 0.1) is 5.92 Å². The Bertz CT molecular complexity index is 1140. The van der Waals surface area contributed by atoms with Gasteiger partial charge in [0, 0.05) is 18.7 Å². The summed E-state index contributed by atoms with van der Waals surface area (Å²) in [5, 5.41) is 0. The molecule has 1 atom stereocenters. The van der Waals surface area contributed by atoms with E-state index in [0.29, 0.717) is 12.3 Å². The summed E-state index contributed by atoms with van der Waals surface area (Å²) in [7, 11) is 3.33. The molecule has 1 unspecified atom stereocenters. The fourth-order valence-electron chi connectivity index (χ4n) is 5.13. The lowest BCUT2D eigenvalue weighted by atomic mass is 9.90. The van der Waals surface area contributed by atoms with Crippen LogP contribution in [0.3, 0.4) is 0 Å². The van der Waals surface area contributed by atoms with Crippen molar-refractivity contribution in [3.63, 3.8) is 0 Å². The summed E-state index contributed by atoms with van der Waals surface area (Å²) >= 11 is 0. The Balaban J connectivity index is 1.34. The summed E-state index contributed by atoms with van der Waals surface area (Å²) in [5.41, 5.74) is 3.37. The van der Waals surface area contributed by atoms with Crippen molar-refractivity contribution in [3.8, 4) is 28.4 Å². The van der Waals surface area contributed by atoms with Gasteiger partial charge in [0.25, 0.3) is 5.91 Å². The van der Waals surface area contributed by atoms with E-state index in [4.69, 9.17) is 14.2 Å². The van der Waals surface area contributed by atoms with Crippen molar-refractivity contribution in [2.24, 2.45) is 5.92 Å². The average Bonchev–Trinajstić information content (AvgIpc) is 2.96. The summed E-state index contributed by atoms with van der Waals surface area (Å²) in [6.45, 7) is 3.69. The molecular weight excluding hydrogens is 462 g/mol. The van der Waals surface area contributed by atoms with Crippen LogP contribution in [0.15, 0.2) is 72.8 Å². The lowest BCUT2D eigenvalue weighted by Gasteiger charge is -2.34. The zero-order valence-electron chi connectivity index (χ0n) is 22.3. The maximum atomic E-state index is 13.5. The highest BCUT2D eigenvalue weighted by atomic mass is 16.5. The number of piperidine rings is 1. The summed E-state index contributed by atoms with van der Waals surface area (Å²) in [6.07, 6.45) is 5.30. The van der Waals surface area contributed by atoms with E-state index in [2.05, 4.69) is 37.3 Å². The molecule has 3 aromatic carbocycles. The van der Waals surface area contributed by atoms with Gasteiger partial charge in [-0.05, 0) is 67.3 Å². The number of methoxy groups -OCH3 is 2. The highest BCUT2D eigenvalue weighted by molar-refractivity contribution is 5.82. The quantitative estimate of drug-likeness (QED) is 0.290. The van der Waals surface area contributed by atoms with Gasteiger partial charge in [-0.2, -0.15) is 0 Å². The van der Waals surface area contributed by atoms with Crippen molar-refractivity contribution in [3.05, 3.63) is 78.4 Å². The second kappa shape index (κ2) is 13.2. The molecule has 4 rings (SSSR count). The molecule has 1 amide bonds. The molecule has 0 spiro atoms. The number of nitrogens with zero attached hydrogens (tertiary/aromatic N) is 1. The fourth-order valence-corrected chi connectivity index (χ4v) is 5.13. The first-order valence-corrected chi connectivity index (χ1v) is 13.4. The largest absolute Gasteiger partial charge is 0.493 e.